The van der Waals surface area contributed by atoms with Gasteiger partial charge in [-0.3, -0.25) is 0 Å². The Morgan fingerprint density at radius 3 is 1.47 bits per heavy atom. The normalized spacial score (nSPS) is 11.8. The molecule has 0 fully saturated rings. The largest absolute Gasteiger partial charge is 0.456 e. The Balaban J connectivity index is 0.944. The average Bonchev–Trinajstić information content (AvgIpc) is 3.82. The van der Waals surface area contributed by atoms with Crippen molar-refractivity contribution in [3.05, 3.63) is 194 Å². The second-order valence-electron chi connectivity index (χ2n) is 14.8. The molecule has 58 heavy (non-hydrogen) atoms. The van der Waals surface area contributed by atoms with E-state index in [2.05, 4.69) is 138 Å². The molecular weight excluding hydrogens is 709 g/mol. The molecule has 5 nitrogen and oxygen atoms in total. The number of hydrogen-bond acceptors (Lipinski definition) is 4. The Morgan fingerprint density at radius 1 is 0.345 bits per heavy atom. The minimum absolute atomic E-state index is 0.603. The number of fused-ring (bicyclic) bond motifs is 8. The quantitative estimate of drug-likeness (QED) is 0.176. The van der Waals surface area contributed by atoms with Gasteiger partial charge in [0.25, 0.3) is 0 Å². The van der Waals surface area contributed by atoms with E-state index in [1.165, 1.54) is 43.4 Å². The molecule has 0 saturated heterocycles. The van der Waals surface area contributed by atoms with Crippen molar-refractivity contribution in [1.29, 1.82) is 0 Å². The van der Waals surface area contributed by atoms with Crippen LogP contribution < -0.4 is 0 Å². The summed E-state index contributed by atoms with van der Waals surface area (Å²) in [6.45, 7) is 0. The zero-order chi connectivity index (χ0) is 38.2. The van der Waals surface area contributed by atoms with Crippen molar-refractivity contribution < 1.29 is 4.42 Å². The van der Waals surface area contributed by atoms with Crippen molar-refractivity contribution in [1.82, 2.24) is 19.5 Å². The van der Waals surface area contributed by atoms with Gasteiger partial charge >= 0.3 is 0 Å². The van der Waals surface area contributed by atoms with Crippen molar-refractivity contribution in [3.63, 3.8) is 0 Å². The molecule has 0 unspecified atom stereocenters. The summed E-state index contributed by atoms with van der Waals surface area (Å²) in [5, 5.41) is 9.49. The number of aromatic nitrogens is 4. The molecule has 0 aliphatic heterocycles. The van der Waals surface area contributed by atoms with Crippen LogP contribution in [0.1, 0.15) is 0 Å². The second-order valence-corrected chi connectivity index (χ2v) is 14.8. The third kappa shape index (κ3) is 5.21. The van der Waals surface area contributed by atoms with E-state index in [0.717, 1.165) is 55.4 Å². The van der Waals surface area contributed by atoms with Crippen LogP contribution in [-0.4, -0.2) is 19.5 Å². The van der Waals surface area contributed by atoms with Gasteiger partial charge in [-0.1, -0.05) is 146 Å². The molecule has 0 amide bonds. The number of hydrogen-bond donors (Lipinski definition) is 0. The van der Waals surface area contributed by atoms with Gasteiger partial charge in [-0.25, -0.2) is 15.0 Å². The Bertz CT molecular complexity index is 3450. The van der Waals surface area contributed by atoms with Gasteiger partial charge in [0.1, 0.15) is 11.2 Å². The SMILES string of the molecule is c1ccc(-c2nc(-c3ccc(-c4ccc(-n5c6cc7ccccc7cc6c6cc7ccccc7cc65)cc4)cc3)nc(-c3cccc4oc5ccccc5c34)n2)cc1. The van der Waals surface area contributed by atoms with Gasteiger partial charge in [0, 0.05) is 43.9 Å². The molecule has 270 valence electrons. The highest BCUT2D eigenvalue weighted by Crippen LogP contribution is 2.39. The predicted octanol–water partition coefficient (Wildman–Crippen LogP) is 13.8. The lowest BCUT2D eigenvalue weighted by atomic mass is 10.0. The van der Waals surface area contributed by atoms with Crippen molar-refractivity contribution in [2.75, 3.05) is 0 Å². The summed E-state index contributed by atoms with van der Waals surface area (Å²) in [6, 6.07) is 68.2. The molecule has 0 aliphatic carbocycles. The number of furan rings is 1. The second kappa shape index (κ2) is 12.8. The fraction of sp³-hybridized carbons (Fsp3) is 0. The van der Waals surface area contributed by atoms with Gasteiger partial charge < -0.3 is 8.98 Å². The van der Waals surface area contributed by atoms with Gasteiger partial charge in [-0.2, -0.15) is 0 Å². The highest BCUT2D eigenvalue weighted by Gasteiger charge is 2.19. The highest BCUT2D eigenvalue weighted by atomic mass is 16.3. The summed E-state index contributed by atoms with van der Waals surface area (Å²) in [5.74, 6) is 1.84. The molecular formula is C53H32N4O. The summed E-state index contributed by atoms with van der Waals surface area (Å²) in [4.78, 5) is 15.1. The fourth-order valence-corrected chi connectivity index (χ4v) is 8.58. The number of benzene rings is 9. The topological polar surface area (TPSA) is 56.7 Å². The summed E-state index contributed by atoms with van der Waals surface area (Å²) >= 11 is 0. The molecule has 0 saturated carbocycles. The summed E-state index contributed by atoms with van der Waals surface area (Å²) in [5.41, 5.74) is 10.2. The molecule has 3 aromatic heterocycles. The molecule has 9 aromatic carbocycles. The lowest BCUT2D eigenvalue weighted by Crippen LogP contribution is -2.00. The van der Waals surface area contributed by atoms with E-state index in [1.54, 1.807) is 0 Å². The van der Waals surface area contributed by atoms with Gasteiger partial charge in [0.05, 0.1) is 11.0 Å². The zero-order valence-corrected chi connectivity index (χ0v) is 31.2. The monoisotopic (exact) mass is 740 g/mol. The van der Waals surface area contributed by atoms with Crippen LogP contribution in [-0.2, 0) is 0 Å². The fourth-order valence-electron chi connectivity index (χ4n) is 8.58. The summed E-state index contributed by atoms with van der Waals surface area (Å²) in [7, 11) is 0. The summed E-state index contributed by atoms with van der Waals surface area (Å²) in [6.07, 6.45) is 0. The Hall–Kier alpha value is -7.89. The number of rotatable bonds is 5. The lowest BCUT2D eigenvalue weighted by Gasteiger charge is -2.11. The standard InChI is InChI=1S/C53H32N4O/c1-2-11-35(12-3-1)51-54-52(56-53(55-51)43-18-10-20-49-50(43)42-17-8-9-19-48(42)58-49)36-23-21-33(22-24-36)34-25-27-41(28-26-34)57-46-31-39-15-6-4-13-37(39)29-44(46)45-30-38-14-5-7-16-40(38)32-47(45)57/h1-32H. The molecule has 0 bridgehead atoms. The third-order valence-electron chi connectivity index (χ3n) is 11.4. The molecule has 0 aliphatic rings. The number of nitrogens with zero attached hydrogens (tertiary/aromatic N) is 4. The van der Waals surface area contributed by atoms with Crippen molar-refractivity contribution in [2.45, 2.75) is 0 Å². The molecule has 0 radical (unpaired) electrons. The van der Waals surface area contributed by atoms with Crippen LogP contribution in [0.3, 0.4) is 0 Å². The average molecular weight is 741 g/mol. The van der Waals surface area contributed by atoms with Crippen LogP contribution in [0.25, 0.3) is 116 Å². The maximum atomic E-state index is 6.22. The van der Waals surface area contributed by atoms with Crippen LogP contribution in [0.5, 0.6) is 0 Å². The Morgan fingerprint density at radius 2 is 0.828 bits per heavy atom. The lowest BCUT2D eigenvalue weighted by molar-refractivity contribution is 0.669. The van der Waals surface area contributed by atoms with Crippen LogP contribution >= 0.6 is 0 Å². The first-order chi connectivity index (χ1) is 28.7. The zero-order valence-electron chi connectivity index (χ0n) is 31.2. The minimum Gasteiger partial charge on any atom is -0.456 e. The van der Waals surface area contributed by atoms with Crippen LogP contribution in [0.15, 0.2) is 199 Å². The first kappa shape index (κ1) is 32.4. The minimum atomic E-state index is 0.603. The van der Waals surface area contributed by atoms with Crippen molar-refractivity contribution in [3.8, 4) is 51.0 Å². The first-order valence-corrected chi connectivity index (χ1v) is 19.5. The molecule has 3 heterocycles. The summed E-state index contributed by atoms with van der Waals surface area (Å²) < 4.78 is 8.63. The van der Waals surface area contributed by atoms with Crippen molar-refractivity contribution >= 4 is 65.3 Å². The van der Waals surface area contributed by atoms with Gasteiger partial charge in [0.15, 0.2) is 17.5 Å². The van der Waals surface area contributed by atoms with Crippen LogP contribution in [0.4, 0.5) is 0 Å². The molecule has 5 heteroatoms. The highest BCUT2D eigenvalue weighted by molar-refractivity contribution is 6.17. The molecule has 0 atom stereocenters. The van der Waals surface area contributed by atoms with E-state index in [0.29, 0.717) is 17.5 Å². The third-order valence-corrected chi connectivity index (χ3v) is 11.4. The van der Waals surface area contributed by atoms with Crippen molar-refractivity contribution in [2.24, 2.45) is 0 Å². The van der Waals surface area contributed by atoms with E-state index in [1.807, 2.05) is 60.7 Å². The Labute approximate surface area is 333 Å². The van der Waals surface area contributed by atoms with Crippen LogP contribution in [0, 0.1) is 0 Å². The smallest absolute Gasteiger partial charge is 0.164 e. The maximum Gasteiger partial charge on any atom is 0.164 e. The van der Waals surface area contributed by atoms with E-state index in [4.69, 9.17) is 19.4 Å². The van der Waals surface area contributed by atoms with E-state index >= 15 is 0 Å². The van der Waals surface area contributed by atoms with E-state index in [-0.39, 0.29) is 0 Å². The number of para-hydroxylation sites is 1. The molecule has 12 rings (SSSR count). The maximum absolute atomic E-state index is 6.22. The molecule has 0 N–H and O–H groups in total. The molecule has 12 aromatic rings. The first-order valence-electron chi connectivity index (χ1n) is 19.5. The van der Waals surface area contributed by atoms with E-state index in [9.17, 15) is 0 Å². The van der Waals surface area contributed by atoms with Gasteiger partial charge in [0.2, 0.25) is 0 Å². The Kier molecular flexibility index (Phi) is 7.16. The van der Waals surface area contributed by atoms with Crippen LogP contribution in [0.2, 0.25) is 0 Å². The van der Waals surface area contributed by atoms with Gasteiger partial charge in [-0.15, -0.1) is 0 Å². The predicted molar refractivity (Wildman–Crippen MR) is 238 cm³/mol. The van der Waals surface area contributed by atoms with E-state index < -0.39 is 0 Å². The molecule has 0 spiro atoms. The van der Waals surface area contributed by atoms with Gasteiger partial charge in [-0.05, 0) is 81.2 Å².